The number of benzene rings is 3. The standard InChI is InChI=1S/C28H31Cl2N3O5S/c1-5-26(28(35)31-3)32(17-20-8-9-21(29)16-25(20)30)27(34)18-33(22-10-12-23(38-4)13-11-22)39(36,37)24-14-6-19(2)7-15-24/h6-16,26H,5,17-18H2,1-4H3,(H,31,35). The topological polar surface area (TPSA) is 96.0 Å². The maximum Gasteiger partial charge on any atom is 0.264 e. The largest absolute Gasteiger partial charge is 0.497 e. The first-order valence-electron chi connectivity index (χ1n) is 12.2. The van der Waals surface area contributed by atoms with Crippen molar-refractivity contribution in [3.63, 3.8) is 0 Å². The molecule has 0 aliphatic rings. The number of nitrogens with one attached hydrogen (secondary N) is 1. The number of methoxy groups -OCH3 is 1. The number of amides is 2. The summed E-state index contributed by atoms with van der Waals surface area (Å²) in [6, 6.07) is 16.7. The summed E-state index contributed by atoms with van der Waals surface area (Å²) >= 11 is 12.4. The van der Waals surface area contributed by atoms with Crippen LogP contribution in [0.1, 0.15) is 24.5 Å². The number of nitrogens with zero attached hydrogens (tertiary/aromatic N) is 2. The van der Waals surface area contributed by atoms with Crippen molar-refractivity contribution in [3.8, 4) is 5.75 Å². The van der Waals surface area contributed by atoms with Gasteiger partial charge in [-0.25, -0.2) is 8.42 Å². The lowest BCUT2D eigenvalue weighted by atomic mass is 10.1. The lowest BCUT2D eigenvalue weighted by Gasteiger charge is -2.33. The van der Waals surface area contributed by atoms with E-state index in [9.17, 15) is 18.0 Å². The van der Waals surface area contributed by atoms with Crippen LogP contribution in [0.2, 0.25) is 10.0 Å². The fraction of sp³-hybridized carbons (Fsp3) is 0.286. The molecule has 3 rings (SSSR count). The zero-order valence-corrected chi connectivity index (χ0v) is 24.5. The van der Waals surface area contributed by atoms with E-state index in [-0.39, 0.29) is 23.0 Å². The van der Waals surface area contributed by atoms with Crippen molar-refractivity contribution >= 4 is 50.7 Å². The average molecular weight is 593 g/mol. The first kappa shape index (κ1) is 30.3. The molecular formula is C28H31Cl2N3O5S. The van der Waals surface area contributed by atoms with E-state index in [1.54, 1.807) is 61.5 Å². The van der Waals surface area contributed by atoms with Gasteiger partial charge >= 0.3 is 0 Å². The smallest absolute Gasteiger partial charge is 0.264 e. The summed E-state index contributed by atoms with van der Waals surface area (Å²) in [5, 5.41) is 3.34. The molecular weight excluding hydrogens is 561 g/mol. The Morgan fingerprint density at radius 1 is 1.00 bits per heavy atom. The molecule has 0 aliphatic heterocycles. The molecule has 0 spiro atoms. The first-order chi connectivity index (χ1) is 18.5. The molecule has 0 radical (unpaired) electrons. The zero-order valence-electron chi connectivity index (χ0n) is 22.1. The number of hydrogen-bond donors (Lipinski definition) is 1. The van der Waals surface area contributed by atoms with Crippen LogP contribution < -0.4 is 14.4 Å². The number of hydrogen-bond acceptors (Lipinski definition) is 5. The highest BCUT2D eigenvalue weighted by atomic mass is 35.5. The van der Waals surface area contributed by atoms with E-state index in [0.29, 0.717) is 27.8 Å². The Kier molecular flexibility index (Phi) is 10.2. The van der Waals surface area contributed by atoms with Gasteiger partial charge in [0.25, 0.3) is 10.0 Å². The molecule has 0 fully saturated rings. The molecule has 0 aliphatic carbocycles. The molecule has 0 heterocycles. The van der Waals surface area contributed by atoms with E-state index in [0.717, 1.165) is 9.87 Å². The van der Waals surface area contributed by atoms with Crippen LogP contribution in [0.15, 0.2) is 71.6 Å². The molecule has 0 saturated carbocycles. The monoisotopic (exact) mass is 591 g/mol. The van der Waals surface area contributed by atoms with Crippen LogP contribution >= 0.6 is 23.2 Å². The number of aryl methyl sites for hydroxylation is 1. The van der Waals surface area contributed by atoms with Crippen molar-refractivity contribution in [2.45, 2.75) is 37.8 Å². The highest BCUT2D eigenvalue weighted by molar-refractivity contribution is 7.92. The molecule has 3 aromatic carbocycles. The van der Waals surface area contributed by atoms with Crippen molar-refractivity contribution < 1.29 is 22.7 Å². The predicted octanol–water partition coefficient (Wildman–Crippen LogP) is 5.06. The summed E-state index contributed by atoms with van der Waals surface area (Å²) in [5.41, 5.74) is 1.72. The lowest BCUT2D eigenvalue weighted by molar-refractivity contribution is -0.140. The van der Waals surface area contributed by atoms with Gasteiger partial charge in [0.15, 0.2) is 0 Å². The van der Waals surface area contributed by atoms with E-state index in [1.165, 1.54) is 31.2 Å². The molecule has 1 atom stereocenters. The highest BCUT2D eigenvalue weighted by Crippen LogP contribution is 2.28. The Labute approximate surface area is 239 Å². The maximum absolute atomic E-state index is 13.9. The van der Waals surface area contributed by atoms with Crippen molar-refractivity contribution in [1.29, 1.82) is 0 Å². The summed E-state index contributed by atoms with van der Waals surface area (Å²) in [4.78, 5) is 28.1. The molecule has 11 heteroatoms. The third kappa shape index (κ3) is 7.23. The number of halogens is 2. The van der Waals surface area contributed by atoms with Gasteiger partial charge in [-0.3, -0.25) is 13.9 Å². The Hall–Kier alpha value is -3.27. The third-order valence-electron chi connectivity index (χ3n) is 6.24. The van der Waals surface area contributed by atoms with Gasteiger partial charge in [-0.15, -0.1) is 0 Å². The van der Waals surface area contributed by atoms with Crippen LogP contribution in [0.3, 0.4) is 0 Å². The number of likely N-dealkylation sites (N-methyl/N-ethyl adjacent to an activating group) is 1. The van der Waals surface area contributed by atoms with Gasteiger partial charge in [0.1, 0.15) is 18.3 Å². The van der Waals surface area contributed by atoms with Gasteiger partial charge in [-0.05, 0) is 67.4 Å². The SMILES string of the molecule is CCC(C(=O)NC)N(Cc1ccc(Cl)cc1Cl)C(=O)CN(c1ccc(OC)cc1)S(=O)(=O)c1ccc(C)cc1. The van der Waals surface area contributed by atoms with Gasteiger partial charge < -0.3 is 15.0 Å². The number of carbonyl (C=O) groups excluding carboxylic acids is 2. The predicted molar refractivity (Wildman–Crippen MR) is 154 cm³/mol. The maximum atomic E-state index is 13.9. The fourth-order valence-electron chi connectivity index (χ4n) is 4.03. The van der Waals surface area contributed by atoms with E-state index in [1.807, 2.05) is 6.92 Å². The van der Waals surface area contributed by atoms with Crippen LogP contribution in [0.5, 0.6) is 5.75 Å². The average Bonchev–Trinajstić information content (AvgIpc) is 2.92. The normalized spacial score (nSPS) is 11.9. The van der Waals surface area contributed by atoms with Gasteiger partial charge in [-0.1, -0.05) is 53.9 Å². The molecule has 0 saturated heterocycles. The van der Waals surface area contributed by atoms with E-state index in [4.69, 9.17) is 27.9 Å². The van der Waals surface area contributed by atoms with Crippen LogP contribution in [0, 0.1) is 6.92 Å². The van der Waals surface area contributed by atoms with Crippen LogP contribution in [-0.4, -0.2) is 51.9 Å². The van der Waals surface area contributed by atoms with Gasteiger partial charge in [-0.2, -0.15) is 0 Å². The summed E-state index contributed by atoms with van der Waals surface area (Å²) in [5.74, 6) is -0.432. The highest BCUT2D eigenvalue weighted by Gasteiger charge is 2.33. The zero-order chi connectivity index (χ0) is 28.7. The summed E-state index contributed by atoms with van der Waals surface area (Å²) in [6.07, 6.45) is 0.296. The number of carbonyl (C=O) groups is 2. The molecule has 0 bridgehead atoms. The second-order valence-corrected chi connectivity index (χ2v) is 11.5. The second kappa shape index (κ2) is 13.2. The van der Waals surface area contributed by atoms with Crippen molar-refractivity contribution in [3.05, 3.63) is 87.9 Å². The van der Waals surface area contributed by atoms with Crippen molar-refractivity contribution in [2.24, 2.45) is 0 Å². The molecule has 3 aromatic rings. The molecule has 8 nitrogen and oxygen atoms in total. The quantitative estimate of drug-likeness (QED) is 0.336. The number of rotatable bonds is 11. The van der Waals surface area contributed by atoms with Gasteiger partial charge in [0.2, 0.25) is 11.8 Å². The Morgan fingerprint density at radius 2 is 1.64 bits per heavy atom. The molecule has 2 amide bonds. The molecule has 208 valence electrons. The number of sulfonamides is 1. The van der Waals surface area contributed by atoms with Crippen LogP contribution in [0.4, 0.5) is 5.69 Å². The first-order valence-corrected chi connectivity index (χ1v) is 14.4. The minimum atomic E-state index is -4.16. The van der Waals surface area contributed by atoms with Gasteiger partial charge in [0, 0.05) is 23.6 Å². The van der Waals surface area contributed by atoms with Crippen molar-refractivity contribution in [2.75, 3.05) is 25.0 Å². The summed E-state index contributed by atoms with van der Waals surface area (Å²) in [7, 11) is -1.18. The van der Waals surface area contributed by atoms with Crippen molar-refractivity contribution in [1.82, 2.24) is 10.2 Å². The Bertz CT molecular complexity index is 1410. The molecule has 1 unspecified atom stereocenters. The fourth-order valence-corrected chi connectivity index (χ4v) is 5.92. The van der Waals surface area contributed by atoms with Crippen LogP contribution in [0.25, 0.3) is 0 Å². The van der Waals surface area contributed by atoms with E-state index >= 15 is 0 Å². The number of anilines is 1. The molecule has 39 heavy (non-hydrogen) atoms. The molecule has 0 aromatic heterocycles. The number of ether oxygens (including phenoxy) is 1. The minimum absolute atomic E-state index is 0.0260. The van der Waals surface area contributed by atoms with Crippen LogP contribution in [-0.2, 0) is 26.2 Å². The summed E-state index contributed by atoms with van der Waals surface area (Å²) in [6.45, 7) is 3.04. The Morgan fingerprint density at radius 3 is 2.18 bits per heavy atom. The Balaban J connectivity index is 2.08. The minimum Gasteiger partial charge on any atom is -0.497 e. The third-order valence-corrected chi connectivity index (χ3v) is 8.61. The van der Waals surface area contributed by atoms with E-state index in [2.05, 4.69) is 5.32 Å². The summed E-state index contributed by atoms with van der Waals surface area (Å²) < 4.78 is 33.9. The molecule has 1 N–H and O–H groups in total. The van der Waals surface area contributed by atoms with Gasteiger partial charge in [0.05, 0.1) is 17.7 Å². The van der Waals surface area contributed by atoms with E-state index < -0.39 is 28.5 Å². The second-order valence-electron chi connectivity index (χ2n) is 8.82. The lowest BCUT2D eigenvalue weighted by Crippen LogP contribution is -2.51.